The van der Waals surface area contributed by atoms with Crippen molar-refractivity contribution in [3.8, 4) is 5.75 Å². The largest absolute Gasteiger partial charge is 0.426 e. The number of hydrogen-bond acceptors (Lipinski definition) is 9. The Morgan fingerprint density at radius 2 is 1.82 bits per heavy atom. The zero-order valence-electron chi connectivity index (χ0n) is 20.1. The van der Waals surface area contributed by atoms with Crippen LogP contribution in [-0.2, 0) is 11.0 Å². The van der Waals surface area contributed by atoms with Gasteiger partial charge in [0.2, 0.25) is 0 Å². The van der Waals surface area contributed by atoms with Crippen LogP contribution in [0.15, 0.2) is 47.3 Å². The summed E-state index contributed by atoms with van der Waals surface area (Å²) in [5.74, 6) is 0.169. The molecule has 13 heteroatoms. The molecule has 9 nitrogen and oxygen atoms in total. The molecule has 5 rings (SSSR count). The Labute approximate surface area is 218 Å². The lowest BCUT2D eigenvalue weighted by Gasteiger charge is -2.39. The molecule has 0 unspecified atom stereocenters. The number of alkyl halides is 3. The molecule has 0 radical (unpaired) electrons. The number of rotatable bonds is 5. The van der Waals surface area contributed by atoms with Crippen molar-refractivity contribution in [3.05, 3.63) is 68.5 Å². The molecule has 0 atom stereocenters. The molecule has 2 aliphatic heterocycles. The van der Waals surface area contributed by atoms with Gasteiger partial charge >= 0.3 is 12.1 Å². The summed E-state index contributed by atoms with van der Waals surface area (Å²) in [5.41, 5.74) is -2.96. The van der Waals surface area contributed by atoms with E-state index in [2.05, 4.69) is 9.88 Å². The Kier molecular flexibility index (Phi) is 6.82. The molecule has 0 saturated carbocycles. The van der Waals surface area contributed by atoms with Crippen molar-refractivity contribution in [1.82, 2.24) is 9.88 Å². The SMILES string of the molecule is O=C(CN1CCC2(CCN(c3nc(=O)c4cc(C(F)(F)F)cc([N+](=O)[O-])c4s3)CC2)C1)Oc1ccccc1. The molecule has 2 fully saturated rings. The molecule has 0 bridgehead atoms. The fourth-order valence-corrected chi connectivity index (χ4v) is 6.27. The highest BCUT2D eigenvalue weighted by molar-refractivity contribution is 7.22. The van der Waals surface area contributed by atoms with Crippen molar-refractivity contribution in [2.45, 2.75) is 25.4 Å². The Hall–Kier alpha value is -3.58. The number of piperidine rings is 1. The van der Waals surface area contributed by atoms with Crippen LogP contribution in [0.5, 0.6) is 5.75 Å². The number of fused-ring (bicyclic) bond motifs is 1. The number of ether oxygens (including phenoxy) is 1. The fraction of sp³-hybridized carbons (Fsp3) is 0.400. The molecule has 2 aliphatic rings. The zero-order valence-corrected chi connectivity index (χ0v) is 20.9. The number of carbonyl (C=O) groups is 1. The van der Waals surface area contributed by atoms with Gasteiger partial charge in [-0.3, -0.25) is 24.6 Å². The number of esters is 1. The maximum absolute atomic E-state index is 13.2. The first-order chi connectivity index (χ1) is 18.0. The second-order valence-electron chi connectivity index (χ2n) is 9.66. The van der Waals surface area contributed by atoms with Gasteiger partial charge in [-0.05, 0) is 49.4 Å². The first-order valence-electron chi connectivity index (χ1n) is 12.0. The summed E-state index contributed by atoms with van der Waals surface area (Å²) < 4.78 is 44.9. The highest BCUT2D eigenvalue weighted by Crippen LogP contribution is 2.43. The van der Waals surface area contributed by atoms with E-state index in [1.54, 1.807) is 24.3 Å². The highest BCUT2D eigenvalue weighted by Gasteiger charge is 2.42. The van der Waals surface area contributed by atoms with Crippen LogP contribution in [0, 0.1) is 15.5 Å². The van der Waals surface area contributed by atoms with Crippen molar-refractivity contribution in [1.29, 1.82) is 0 Å². The van der Waals surface area contributed by atoms with Gasteiger partial charge in [0.05, 0.1) is 22.4 Å². The summed E-state index contributed by atoms with van der Waals surface area (Å²) in [4.78, 5) is 43.5. The van der Waals surface area contributed by atoms with Crippen LogP contribution in [0.4, 0.5) is 24.0 Å². The molecule has 0 amide bonds. The number of anilines is 1. The van der Waals surface area contributed by atoms with E-state index in [0.717, 1.165) is 43.7 Å². The number of likely N-dealkylation sites (tertiary alicyclic amines) is 1. The Balaban J connectivity index is 1.28. The second kappa shape index (κ2) is 9.95. The summed E-state index contributed by atoms with van der Waals surface area (Å²) in [6.07, 6.45) is -2.42. The van der Waals surface area contributed by atoms with E-state index < -0.39 is 33.3 Å². The molecule has 2 saturated heterocycles. The quantitative estimate of drug-likeness (QED) is 0.199. The van der Waals surface area contributed by atoms with E-state index in [1.165, 1.54) is 0 Å². The molecular formula is C25H23F3N4O5S. The van der Waals surface area contributed by atoms with Crippen LogP contribution in [0.2, 0.25) is 0 Å². The third-order valence-electron chi connectivity index (χ3n) is 7.15. The Morgan fingerprint density at radius 1 is 1.13 bits per heavy atom. The summed E-state index contributed by atoms with van der Waals surface area (Å²) in [7, 11) is 0. The minimum Gasteiger partial charge on any atom is -0.426 e. The number of benzene rings is 2. The standard InChI is InChI=1S/C25H23F3N4O5S/c26-25(27,28)16-12-18-21(19(13-16)32(35)36)38-23(29-22(18)34)31-10-7-24(8-11-31)6-9-30(15-24)14-20(33)37-17-4-2-1-3-5-17/h1-5,12-13H,6-11,14-15H2. The van der Waals surface area contributed by atoms with E-state index in [9.17, 15) is 32.9 Å². The lowest BCUT2D eigenvalue weighted by molar-refractivity contribution is -0.383. The van der Waals surface area contributed by atoms with Crippen LogP contribution < -0.4 is 15.2 Å². The minimum absolute atomic E-state index is 0.0149. The van der Waals surface area contributed by atoms with Crippen molar-refractivity contribution in [2.24, 2.45) is 5.41 Å². The smallest absolute Gasteiger partial charge is 0.416 e. The molecule has 0 aliphatic carbocycles. The van der Waals surface area contributed by atoms with Gasteiger partial charge in [-0.2, -0.15) is 18.2 Å². The highest BCUT2D eigenvalue weighted by atomic mass is 32.1. The molecule has 38 heavy (non-hydrogen) atoms. The minimum atomic E-state index is -4.83. The fourth-order valence-electron chi connectivity index (χ4n) is 5.15. The topological polar surface area (TPSA) is 106 Å². The van der Waals surface area contributed by atoms with Gasteiger partial charge < -0.3 is 9.64 Å². The predicted molar refractivity (Wildman–Crippen MR) is 135 cm³/mol. The first-order valence-corrected chi connectivity index (χ1v) is 12.8. The molecule has 1 spiro atoms. The van der Waals surface area contributed by atoms with Gasteiger partial charge in [-0.15, -0.1) is 0 Å². The molecule has 3 heterocycles. The van der Waals surface area contributed by atoms with Crippen LogP contribution in [-0.4, -0.2) is 53.5 Å². The van der Waals surface area contributed by atoms with Crippen molar-refractivity contribution >= 4 is 38.2 Å². The van der Waals surface area contributed by atoms with Gasteiger partial charge in [0.25, 0.3) is 11.2 Å². The summed E-state index contributed by atoms with van der Waals surface area (Å²) in [5, 5.41) is 11.4. The van der Waals surface area contributed by atoms with E-state index >= 15 is 0 Å². The predicted octanol–water partition coefficient (Wildman–Crippen LogP) is 4.48. The van der Waals surface area contributed by atoms with Gasteiger partial charge in [-0.1, -0.05) is 29.5 Å². The molecule has 1 aromatic heterocycles. The van der Waals surface area contributed by atoms with Crippen LogP contribution in [0.1, 0.15) is 24.8 Å². The molecule has 0 N–H and O–H groups in total. The number of carbonyl (C=O) groups excluding carboxylic acids is 1. The number of para-hydroxylation sites is 1. The summed E-state index contributed by atoms with van der Waals surface area (Å²) >= 11 is 0.857. The number of aromatic nitrogens is 1. The average Bonchev–Trinajstić information content (AvgIpc) is 3.25. The van der Waals surface area contributed by atoms with Crippen LogP contribution >= 0.6 is 11.3 Å². The van der Waals surface area contributed by atoms with Crippen molar-refractivity contribution in [2.75, 3.05) is 37.6 Å². The lowest BCUT2D eigenvalue weighted by Crippen LogP contribution is -2.42. The number of non-ortho nitro benzene ring substituents is 1. The third-order valence-corrected chi connectivity index (χ3v) is 8.32. The second-order valence-corrected chi connectivity index (χ2v) is 10.6. The van der Waals surface area contributed by atoms with Gasteiger partial charge in [0.15, 0.2) is 5.13 Å². The molecule has 3 aromatic rings. The van der Waals surface area contributed by atoms with Crippen molar-refractivity contribution < 1.29 is 27.6 Å². The first kappa shape index (κ1) is 26.0. The number of nitrogens with zero attached hydrogens (tertiary/aromatic N) is 4. The van der Waals surface area contributed by atoms with Crippen LogP contribution in [0.3, 0.4) is 0 Å². The van der Waals surface area contributed by atoms with E-state index in [4.69, 9.17) is 4.74 Å². The van der Waals surface area contributed by atoms with E-state index in [-0.39, 0.29) is 27.8 Å². The van der Waals surface area contributed by atoms with E-state index in [0.29, 0.717) is 31.0 Å². The maximum atomic E-state index is 13.2. The van der Waals surface area contributed by atoms with Gasteiger partial charge in [0.1, 0.15) is 10.4 Å². The monoisotopic (exact) mass is 548 g/mol. The summed E-state index contributed by atoms with van der Waals surface area (Å²) in [6.45, 7) is 2.71. The average molecular weight is 549 g/mol. The lowest BCUT2D eigenvalue weighted by atomic mass is 9.78. The zero-order chi connectivity index (χ0) is 27.1. The van der Waals surface area contributed by atoms with Gasteiger partial charge in [0, 0.05) is 25.7 Å². The number of nitro benzene ring substituents is 1. The maximum Gasteiger partial charge on any atom is 0.416 e. The molecule has 2 aromatic carbocycles. The third kappa shape index (κ3) is 5.34. The molecular weight excluding hydrogens is 525 g/mol. The van der Waals surface area contributed by atoms with E-state index in [1.807, 2.05) is 11.0 Å². The molecule has 200 valence electrons. The van der Waals surface area contributed by atoms with Crippen molar-refractivity contribution in [3.63, 3.8) is 0 Å². The summed E-state index contributed by atoms with van der Waals surface area (Å²) in [6, 6.07) is 9.95. The number of halogens is 3. The Bertz CT molecular complexity index is 1440. The number of nitro groups is 1. The van der Waals surface area contributed by atoms with Gasteiger partial charge in [-0.25, -0.2) is 0 Å². The van der Waals surface area contributed by atoms with Crippen LogP contribution in [0.25, 0.3) is 10.1 Å². The normalized spacial score (nSPS) is 17.7. The Morgan fingerprint density at radius 3 is 2.47 bits per heavy atom. The number of hydrogen-bond donors (Lipinski definition) is 0.